The largest absolute Gasteiger partial charge is 0.440 e. The van der Waals surface area contributed by atoms with Crippen LogP contribution in [0.4, 0.5) is 5.69 Å². The third-order valence-electron chi connectivity index (χ3n) is 4.86. The van der Waals surface area contributed by atoms with Crippen molar-refractivity contribution in [3.8, 4) is 10.8 Å². The summed E-state index contributed by atoms with van der Waals surface area (Å²) in [6, 6.07) is 0. The Labute approximate surface area is 177 Å². The van der Waals surface area contributed by atoms with E-state index in [1.54, 1.807) is 12.3 Å². The van der Waals surface area contributed by atoms with Gasteiger partial charge in [0.1, 0.15) is 15.5 Å². The van der Waals surface area contributed by atoms with E-state index in [1.807, 2.05) is 13.0 Å². The van der Waals surface area contributed by atoms with Gasteiger partial charge in [0.2, 0.25) is 5.89 Å². The lowest BCUT2D eigenvalue weighted by Crippen LogP contribution is -1.93. The van der Waals surface area contributed by atoms with Crippen molar-refractivity contribution in [2.75, 3.05) is 5.73 Å². The van der Waals surface area contributed by atoms with Gasteiger partial charge in [-0.3, -0.25) is 0 Å². The smallest absolute Gasteiger partial charge is 0.238 e. The molecule has 0 saturated carbocycles. The zero-order valence-corrected chi connectivity index (χ0v) is 18.9. The third-order valence-corrected chi connectivity index (χ3v) is 5.94. The summed E-state index contributed by atoms with van der Waals surface area (Å²) < 4.78 is 5.88. The first-order valence-corrected chi connectivity index (χ1v) is 10.7. The predicted octanol–water partition coefficient (Wildman–Crippen LogP) is 7.11. The maximum absolute atomic E-state index is 6.38. The van der Waals surface area contributed by atoms with Gasteiger partial charge in [0.05, 0.1) is 11.9 Å². The highest BCUT2D eigenvalue weighted by Crippen LogP contribution is 2.42. The normalized spacial score (nSPS) is 10.9. The average Bonchev–Trinajstić information content (AvgIpc) is 3.29. The second-order valence-electron chi connectivity index (χ2n) is 6.96. The van der Waals surface area contributed by atoms with E-state index in [9.17, 15) is 0 Å². The Kier molecular flexibility index (Phi) is 7.97. The van der Waals surface area contributed by atoms with Crippen molar-refractivity contribution in [2.45, 2.75) is 53.9 Å². The Bertz CT molecular complexity index is 1040. The summed E-state index contributed by atoms with van der Waals surface area (Å²) >= 11 is 1.54. The molecule has 2 N–H and O–H groups in total. The Morgan fingerprint density at radius 1 is 1.24 bits per heavy atom. The number of nitrogens with zero attached hydrogens (tertiary/aromatic N) is 2. The van der Waals surface area contributed by atoms with Crippen LogP contribution in [0, 0.1) is 20.8 Å². The number of nitrogen functional groups attached to an aromatic ring is 1. The Morgan fingerprint density at radius 3 is 2.55 bits per heavy atom. The lowest BCUT2D eigenvalue weighted by atomic mass is 10.1. The van der Waals surface area contributed by atoms with Gasteiger partial charge in [0.25, 0.3) is 0 Å². The second kappa shape index (κ2) is 10.2. The molecule has 29 heavy (non-hydrogen) atoms. The quantitative estimate of drug-likeness (QED) is 0.348. The number of fused-ring (bicyclic) bond motifs is 1. The number of thiophene rings is 1. The highest BCUT2D eigenvalue weighted by Gasteiger charge is 2.20. The molecule has 0 aliphatic heterocycles. The Balaban J connectivity index is 0.000000438. The van der Waals surface area contributed by atoms with Crippen molar-refractivity contribution in [3.05, 3.63) is 65.7 Å². The van der Waals surface area contributed by atoms with E-state index in [1.165, 1.54) is 22.5 Å². The number of hydrogen-bond acceptors (Lipinski definition) is 5. The molecule has 3 aromatic heterocycles. The molecule has 154 valence electrons. The predicted molar refractivity (Wildman–Crippen MR) is 127 cm³/mol. The van der Waals surface area contributed by atoms with E-state index < -0.39 is 0 Å². The first kappa shape index (κ1) is 22.6. The van der Waals surface area contributed by atoms with Crippen LogP contribution in [0.2, 0.25) is 0 Å². The van der Waals surface area contributed by atoms with E-state index in [0.717, 1.165) is 45.0 Å². The molecule has 0 saturated heterocycles. The highest BCUT2D eigenvalue weighted by molar-refractivity contribution is 7.22. The summed E-state index contributed by atoms with van der Waals surface area (Å²) in [5.41, 5.74) is 11.6. The van der Waals surface area contributed by atoms with Crippen LogP contribution in [0.1, 0.15) is 49.3 Å². The number of rotatable bonds is 6. The molecule has 0 atom stereocenters. The number of aromatic nitrogens is 2. The third kappa shape index (κ3) is 5.24. The lowest BCUT2D eigenvalue weighted by molar-refractivity contribution is 0.528. The maximum atomic E-state index is 6.38. The summed E-state index contributed by atoms with van der Waals surface area (Å²) in [5, 5.41) is 1.02. The van der Waals surface area contributed by atoms with Crippen molar-refractivity contribution in [1.29, 1.82) is 0 Å². The van der Waals surface area contributed by atoms with E-state index in [2.05, 4.69) is 56.9 Å². The van der Waals surface area contributed by atoms with Crippen LogP contribution < -0.4 is 5.73 Å². The molecule has 0 fully saturated rings. The molecule has 0 amide bonds. The van der Waals surface area contributed by atoms with Crippen molar-refractivity contribution < 1.29 is 4.42 Å². The van der Waals surface area contributed by atoms with Crippen molar-refractivity contribution in [2.24, 2.45) is 0 Å². The van der Waals surface area contributed by atoms with Gasteiger partial charge in [0, 0.05) is 17.5 Å². The molecule has 0 radical (unpaired) electrons. The fraction of sp³-hybridized carbons (Fsp3) is 0.333. The van der Waals surface area contributed by atoms with Crippen LogP contribution in [-0.4, -0.2) is 9.97 Å². The molecule has 0 aliphatic carbocycles. The minimum atomic E-state index is 0.569. The van der Waals surface area contributed by atoms with Crippen LogP contribution in [0.3, 0.4) is 0 Å². The first-order valence-electron chi connectivity index (χ1n) is 9.88. The van der Waals surface area contributed by atoms with E-state index in [-0.39, 0.29) is 0 Å². The number of pyridine rings is 1. The Hall–Kier alpha value is -2.66. The minimum Gasteiger partial charge on any atom is -0.440 e. The molecule has 0 spiro atoms. The van der Waals surface area contributed by atoms with E-state index in [0.29, 0.717) is 18.0 Å². The fourth-order valence-electron chi connectivity index (χ4n) is 2.82. The number of aryl methyl sites for hydroxylation is 2. The zero-order valence-electron chi connectivity index (χ0n) is 18.1. The minimum absolute atomic E-state index is 0.569. The zero-order chi connectivity index (χ0) is 21.6. The summed E-state index contributed by atoms with van der Waals surface area (Å²) in [7, 11) is 0. The summed E-state index contributed by atoms with van der Waals surface area (Å²) in [4.78, 5) is 10.9. The lowest BCUT2D eigenvalue weighted by Gasteiger charge is -2.05. The molecule has 0 aromatic carbocycles. The van der Waals surface area contributed by atoms with Gasteiger partial charge in [-0.25, -0.2) is 9.97 Å². The number of allylic oxidation sites excluding steroid dienone is 4. The number of hydrogen-bond donors (Lipinski definition) is 1. The van der Waals surface area contributed by atoms with Gasteiger partial charge in [-0.1, -0.05) is 50.8 Å². The standard InChI is InChI=1S/C18H21N3OS.C6H10/c1-6-9(2)7-13-8-20-17(22-13)16-15(19)14-11(4)10(3)12(5)21-18(14)23-16;1-3-5-6-4-2/h8H,2,6-7,19H2,1,3-5H3;3,5-6H,1,4H2,2H3/b;6-5-. The van der Waals surface area contributed by atoms with Gasteiger partial charge >= 0.3 is 0 Å². The average molecular weight is 410 g/mol. The molecule has 4 nitrogen and oxygen atoms in total. The fourth-order valence-corrected chi connectivity index (χ4v) is 3.96. The highest BCUT2D eigenvalue weighted by atomic mass is 32.1. The second-order valence-corrected chi connectivity index (χ2v) is 7.96. The molecule has 5 heteroatoms. The van der Waals surface area contributed by atoms with Gasteiger partial charge in [-0.05, 0) is 44.7 Å². The summed E-state index contributed by atoms with van der Waals surface area (Å²) in [5.74, 6) is 1.39. The monoisotopic (exact) mass is 409 g/mol. The van der Waals surface area contributed by atoms with E-state index in [4.69, 9.17) is 10.2 Å². The van der Waals surface area contributed by atoms with E-state index >= 15 is 0 Å². The molecular weight excluding hydrogens is 378 g/mol. The van der Waals surface area contributed by atoms with Crippen LogP contribution in [0.25, 0.3) is 21.0 Å². The first-order chi connectivity index (χ1) is 13.8. The SMILES string of the molecule is C=C(CC)Cc1cnc(-c2sc3nc(C)c(C)c(C)c3c2N)o1.C=C/C=C\CC. The number of nitrogens with two attached hydrogens (primary N) is 1. The summed E-state index contributed by atoms with van der Waals surface area (Å²) in [6.07, 6.45) is 10.3. The topological polar surface area (TPSA) is 64.9 Å². The van der Waals surface area contributed by atoms with Crippen molar-refractivity contribution >= 4 is 27.2 Å². The van der Waals surface area contributed by atoms with Crippen molar-refractivity contribution in [3.63, 3.8) is 0 Å². The number of anilines is 1. The van der Waals surface area contributed by atoms with Crippen LogP contribution in [0.5, 0.6) is 0 Å². The van der Waals surface area contributed by atoms with Gasteiger partial charge in [-0.2, -0.15) is 0 Å². The number of oxazole rings is 1. The maximum Gasteiger partial charge on any atom is 0.238 e. The summed E-state index contributed by atoms with van der Waals surface area (Å²) in [6.45, 7) is 17.9. The molecule has 0 unspecified atom stereocenters. The Morgan fingerprint density at radius 2 is 1.97 bits per heavy atom. The molecule has 0 aliphatic rings. The molecular formula is C24H31N3OS. The van der Waals surface area contributed by atoms with Gasteiger partial charge < -0.3 is 10.2 Å². The van der Waals surface area contributed by atoms with Gasteiger partial charge in [0.15, 0.2) is 0 Å². The van der Waals surface area contributed by atoms with Gasteiger partial charge in [-0.15, -0.1) is 11.3 Å². The molecule has 0 bridgehead atoms. The van der Waals surface area contributed by atoms with Crippen LogP contribution >= 0.6 is 11.3 Å². The molecule has 3 aromatic rings. The van der Waals surface area contributed by atoms with Crippen LogP contribution in [-0.2, 0) is 6.42 Å². The van der Waals surface area contributed by atoms with Crippen LogP contribution in [0.15, 0.2) is 47.6 Å². The molecule has 3 rings (SSSR count). The molecule has 3 heterocycles. The van der Waals surface area contributed by atoms with Crippen molar-refractivity contribution in [1.82, 2.24) is 9.97 Å².